The third-order valence-electron chi connectivity index (χ3n) is 3.87. The van der Waals surface area contributed by atoms with Crippen LogP contribution in [0.5, 0.6) is 5.75 Å². The Bertz CT molecular complexity index is 788. The molecule has 5 heteroatoms. The average Bonchev–Trinajstić information content (AvgIpc) is 3.17. The highest BCUT2D eigenvalue weighted by molar-refractivity contribution is 5.48. The highest BCUT2D eigenvalue weighted by atomic mass is 16.5. The molecule has 1 unspecified atom stereocenters. The van der Waals surface area contributed by atoms with Crippen LogP contribution in [0.4, 0.5) is 0 Å². The van der Waals surface area contributed by atoms with E-state index in [1.807, 2.05) is 55.1 Å². The van der Waals surface area contributed by atoms with Gasteiger partial charge >= 0.3 is 6.41 Å². The van der Waals surface area contributed by atoms with E-state index in [1.165, 1.54) is 10.5 Å². The maximum absolute atomic E-state index is 10.7. The van der Waals surface area contributed by atoms with Crippen LogP contribution in [-0.2, 0) is 17.8 Å². The molecule has 0 aliphatic rings. The molecule has 0 saturated heterocycles. The fourth-order valence-corrected chi connectivity index (χ4v) is 2.67. The van der Waals surface area contributed by atoms with E-state index in [4.69, 9.17) is 4.74 Å². The number of hydrogen-bond donors (Lipinski definition) is 1. The molecule has 2 aromatic carbocycles. The molecule has 1 N–H and O–H groups in total. The van der Waals surface area contributed by atoms with Gasteiger partial charge in [0.2, 0.25) is 0 Å². The Balaban J connectivity index is 1.78. The molecule has 0 aliphatic heterocycles. The van der Waals surface area contributed by atoms with Gasteiger partial charge in [0.25, 0.3) is 0 Å². The second kappa shape index (κ2) is 8.15. The van der Waals surface area contributed by atoms with Crippen LogP contribution >= 0.6 is 0 Å². The molecule has 1 amide bonds. The van der Waals surface area contributed by atoms with Gasteiger partial charge < -0.3 is 14.6 Å². The number of rotatable bonds is 8. The second-order valence-corrected chi connectivity index (χ2v) is 5.89. The van der Waals surface area contributed by atoms with E-state index < -0.39 is 0 Å². The lowest BCUT2D eigenvalue weighted by molar-refractivity contribution is 0.201. The van der Waals surface area contributed by atoms with Crippen molar-refractivity contribution in [3.05, 3.63) is 83.9 Å². The lowest BCUT2D eigenvalue weighted by atomic mass is 10.1. The maximum atomic E-state index is 10.7. The van der Waals surface area contributed by atoms with Crippen LogP contribution < -0.4 is 4.74 Å². The molecule has 1 atom stereocenters. The van der Waals surface area contributed by atoms with Crippen LogP contribution in [0.3, 0.4) is 0 Å². The predicted molar refractivity (Wildman–Crippen MR) is 95.7 cm³/mol. The molecule has 1 aromatic heterocycles. The highest BCUT2D eigenvalue weighted by Gasteiger charge is 2.17. The summed E-state index contributed by atoms with van der Waals surface area (Å²) in [6, 6.07) is 17.9. The number of nitrogens with zero attached hydrogens (tertiary/aromatic N) is 2. The minimum Gasteiger partial charge on any atom is -0.484 e. The predicted octanol–water partition coefficient (Wildman–Crippen LogP) is 3.27. The summed E-state index contributed by atoms with van der Waals surface area (Å²) in [5, 5.41) is 0. The molecular formula is C20H20N3O2. The quantitative estimate of drug-likeness (QED) is 0.643. The number of ether oxygens (including phenoxy) is 1. The van der Waals surface area contributed by atoms with Gasteiger partial charge in [0, 0.05) is 26.2 Å². The van der Waals surface area contributed by atoms with Crippen molar-refractivity contribution in [3.63, 3.8) is 0 Å². The number of carbonyl (C=O) groups excluding carboxylic acids is 1. The summed E-state index contributed by atoms with van der Waals surface area (Å²) in [5.74, 6) is 0.751. The molecule has 0 aliphatic carbocycles. The zero-order valence-electron chi connectivity index (χ0n) is 14.1. The molecule has 3 aromatic rings. The van der Waals surface area contributed by atoms with Crippen molar-refractivity contribution in [2.45, 2.75) is 19.1 Å². The summed E-state index contributed by atoms with van der Waals surface area (Å²) in [7, 11) is 1.70. The van der Waals surface area contributed by atoms with Crippen molar-refractivity contribution in [2.24, 2.45) is 0 Å². The monoisotopic (exact) mass is 334 g/mol. The van der Waals surface area contributed by atoms with E-state index in [1.54, 1.807) is 13.4 Å². The zero-order valence-corrected chi connectivity index (χ0v) is 14.1. The Morgan fingerprint density at radius 1 is 1.16 bits per heavy atom. The first-order valence-corrected chi connectivity index (χ1v) is 8.11. The van der Waals surface area contributed by atoms with E-state index in [-0.39, 0.29) is 6.10 Å². The third kappa shape index (κ3) is 4.70. The summed E-state index contributed by atoms with van der Waals surface area (Å²) in [5.41, 5.74) is 3.03. The number of aromatic amines is 1. The van der Waals surface area contributed by atoms with Gasteiger partial charge in [-0.3, -0.25) is 4.79 Å². The molecule has 127 valence electrons. The first-order chi connectivity index (χ1) is 12.2. The Hall–Kier alpha value is -3.08. The van der Waals surface area contributed by atoms with Gasteiger partial charge in [-0.25, -0.2) is 4.98 Å². The van der Waals surface area contributed by atoms with Gasteiger partial charge in [0.05, 0.1) is 12.0 Å². The van der Waals surface area contributed by atoms with Crippen molar-refractivity contribution in [1.82, 2.24) is 14.9 Å². The molecular weight excluding hydrogens is 314 g/mol. The lowest BCUT2D eigenvalue weighted by Gasteiger charge is -2.18. The first kappa shape index (κ1) is 16.8. The lowest BCUT2D eigenvalue weighted by Crippen LogP contribution is -2.15. The summed E-state index contributed by atoms with van der Waals surface area (Å²) in [4.78, 5) is 19.5. The van der Waals surface area contributed by atoms with Crippen molar-refractivity contribution in [1.29, 1.82) is 0 Å². The van der Waals surface area contributed by atoms with E-state index in [2.05, 4.69) is 22.1 Å². The number of nitrogens with one attached hydrogen (secondary N) is 1. The molecule has 0 bridgehead atoms. The molecule has 0 fully saturated rings. The van der Waals surface area contributed by atoms with Gasteiger partial charge in [-0.2, -0.15) is 0 Å². The summed E-state index contributed by atoms with van der Waals surface area (Å²) in [6.07, 6.45) is 5.89. The normalized spacial score (nSPS) is 11.7. The van der Waals surface area contributed by atoms with Crippen LogP contribution in [-0.4, -0.2) is 28.3 Å². The molecule has 25 heavy (non-hydrogen) atoms. The van der Waals surface area contributed by atoms with Crippen LogP contribution in [0.2, 0.25) is 0 Å². The molecule has 1 radical (unpaired) electrons. The summed E-state index contributed by atoms with van der Waals surface area (Å²) >= 11 is 0. The Labute approximate surface area is 147 Å². The zero-order chi connectivity index (χ0) is 17.5. The molecule has 1 heterocycles. The van der Waals surface area contributed by atoms with Gasteiger partial charge in [0.1, 0.15) is 11.9 Å². The molecule has 0 saturated carbocycles. The van der Waals surface area contributed by atoms with Gasteiger partial charge in [-0.15, -0.1) is 0 Å². The van der Waals surface area contributed by atoms with E-state index in [9.17, 15) is 4.79 Å². The number of imidazole rings is 1. The van der Waals surface area contributed by atoms with Crippen molar-refractivity contribution in [2.75, 3.05) is 7.05 Å². The Kier molecular flexibility index (Phi) is 5.46. The standard InChI is InChI=1S/C20H20N3O2/c1-23(15-24)13-17-8-5-9-18(10-17)25-20(19-12-21-14-22-19)11-16-6-3-2-4-7-16/h2-10,12,14,20H,11,13H2,1H3,(H,21,22). The number of hydrogen-bond acceptors (Lipinski definition) is 3. The van der Waals surface area contributed by atoms with Crippen molar-refractivity contribution >= 4 is 6.41 Å². The van der Waals surface area contributed by atoms with Crippen molar-refractivity contribution in [3.8, 4) is 5.75 Å². The van der Waals surface area contributed by atoms with E-state index >= 15 is 0 Å². The number of aromatic nitrogens is 2. The fraction of sp³-hybridized carbons (Fsp3) is 0.200. The highest BCUT2D eigenvalue weighted by Crippen LogP contribution is 2.25. The number of H-pyrrole nitrogens is 1. The maximum Gasteiger partial charge on any atom is 0.312 e. The largest absolute Gasteiger partial charge is 0.484 e. The van der Waals surface area contributed by atoms with Crippen LogP contribution in [0, 0.1) is 0 Å². The van der Waals surface area contributed by atoms with Crippen LogP contribution in [0.15, 0.2) is 67.1 Å². The van der Waals surface area contributed by atoms with Crippen LogP contribution in [0.1, 0.15) is 22.9 Å². The van der Waals surface area contributed by atoms with Gasteiger partial charge in [-0.05, 0) is 23.3 Å². The summed E-state index contributed by atoms with van der Waals surface area (Å²) < 4.78 is 6.22. The Morgan fingerprint density at radius 3 is 2.68 bits per heavy atom. The van der Waals surface area contributed by atoms with Crippen molar-refractivity contribution < 1.29 is 9.53 Å². The smallest absolute Gasteiger partial charge is 0.312 e. The van der Waals surface area contributed by atoms with E-state index in [0.29, 0.717) is 6.54 Å². The minimum atomic E-state index is -0.195. The third-order valence-corrected chi connectivity index (χ3v) is 3.87. The fourth-order valence-electron chi connectivity index (χ4n) is 2.67. The first-order valence-electron chi connectivity index (χ1n) is 8.11. The topological polar surface area (TPSA) is 58.2 Å². The SMILES string of the molecule is CN([C]=O)Cc1cccc(OC(Cc2ccccc2)c2c[nH]cn2)c1. The number of benzene rings is 2. The second-order valence-electron chi connectivity index (χ2n) is 5.89. The van der Waals surface area contributed by atoms with Crippen LogP contribution in [0.25, 0.3) is 0 Å². The minimum absolute atomic E-state index is 0.195. The summed E-state index contributed by atoms with van der Waals surface area (Å²) in [6.45, 7) is 0.493. The number of amides is 1. The molecule has 0 spiro atoms. The van der Waals surface area contributed by atoms with E-state index in [0.717, 1.165) is 23.4 Å². The molecule has 3 rings (SSSR count). The Morgan fingerprint density at radius 2 is 1.96 bits per heavy atom. The molecule has 5 nitrogen and oxygen atoms in total. The van der Waals surface area contributed by atoms with Gasteiger partial charge in [0.15, 0.2) is 0 Å². The van der Waals surface area contributed by atoms with Gasteiger partial charge in [-0.1, -0.05) is 42.5 Å². The average molecular weight is 334 g/mol.